The molecule has 1 aromatic heterocycles. The summed E-state index contributed by atoms with van der Waals surface area (Å²) in [6, 6.07) is 10.6. The summed E-state index contributed by atoms with van der Waals surface area (Å²) in [6.45, 7) is 0.540. The van der Waals surface area contributed by atoms with Crippen LogP contribution in [0.15, 0.2) is 41.6 Å². The fourth-order valence-corrected chi connectivity index (χ4v) is 3.82. The first-order chi connectivity index (χ1) is 13.2. The number of halogens is 1. The van der Waals surface area contributed by atoms with E-state index in [9.17, 15) is 4.39 Å². The number of fused-ring (bicyclic) bond motifs is 1. The van der Waals surface area contributed by atoms with E-state index in [0.717, 1.165) is 33.4 Å². The molecule has 8 heteroatoms. The Kier molecular flexibility index (Phi) is 5.00. The zero-order valence-electron chi connectivity index (χ0n) is 14.9. The van der Waals surface area contributed by atoms with E-state index in [1.807, 2.05) is 35.9 Å². The van der Waals surface area contributed by atoms with Crippen molar-refractivity contribution in [2.45, 2.75) is 17.5 Å². The number of methoxy groups -OCH3 is 1. The van der Waals surface area contributed by atoms with E-state index in [0.29, 0.717) is 18.1 Å². The van der Waals surface area contributed by atoms with Gasteiger partial charge in [0.25, 0.3) is 0 Å². The van der Waals surface area contributed by atoms with Gasteiger partial charge in [0.05, 0.1) is 13.7 Å². The monoisotopic (exact) mass is 387 g/mol. The van der Waals surface area contributed by atoms with Gasteiger partial charge in [0.2, 0.25) is 0 Å². The molecule has 4 rings (SSSR count). The molecule has 0 fully saturated rings. The van der Waals surface area contributed by atoms with Crippen molar-refractivity contribution in [2.24, 2.45) is 7.05 Å². The SMILES string of the molecule is COc1ccc(-c2nnc(SCc3cc(F)cc4c3OCOC4)n2C)cc1. The molecule has 0 aliphatic carbocycles. The minimum atomic E-state index is -0.296. The summed E-state index contributed by atoms with van der Waals surface area (Å²) in [6.07, 6.45) is 0. The van der Waals surface area contributed by atoms with E-state index >= 15 is 0 Å². The number of hydrogen-bond donors (Lipinski definition) is 0. The van der Waals surface area contributed by atoms with Gasteiger partial charge in [-0.05, 0) is 36.4 Å². The maximum absolute atomic E-state index is 13.9. The molecule has 0 N–H and O–H groups in total. The lowest BCUT2D eigenvalue weighted by atomic mass is 10.1. The predicted octanol–water partition coefficient (Wildman–Crippen LogP) is 3.79. The van der Waals surface area contributed by atoms with E-state index in [1.165, 1.54) is 23.9 Å². The molecule has 0 saturated carbocycles. The van der Waals surface area contributed by atoms with Gasteiger partial charge in [-0.15, -0.1) is 10.2 Å². The Labute approximate surface area is 160 Å². The minimum Gasteiger partial charge on any atom is -0.497 e. The maximum Gasteiger partial charge on any atom is 0.191 e. The number of ether oxygens (including phenoxy) is 3. The Bertz CT molecular complexity index is 960. The van der Waals surface area contributed by atoms with Crippen LogP contribution >= 0.6 is 11.8 Å². The molecule has 0 radical (unpaired) electrons. The first-order valence-corrected chi connectivity index (χ1v) is 9.32. The molecule has 0 unspecified atom stereocenters. The lowest BCUT2D eigenvalue weighted by Crippen LogP contribution is -2.13. The van der Waals surface area contributed by atoms with E-state index < -0.39 is 0 Å². The minimum absolute atomic E-state index is 0.182. The molecule has 1 aliphatic rings. The van der Waals surface area contributed by atoms with E-state index in [2.05, 4.69) is 10.2 Å². The Balaban J connectivity index is 1.54. The maximum atomic E-state index is 13.9. The summed E-state index contributed by atoms with van der Waals surface area (Å²) >= 11 is 1.48. The highest BCUT2D eigenvalue weighted by atomic mass is 32.2. The molecular formula is C19H18FN3O3S. The van der Waals surface area contributed by atoms with Gasteiger partial charge in [-0.3, -0.25) is 0 Å². The number of aromatic nitrogens is 3. The third-order valence-electron chi connectivity index (χ3n) is 4.29. The molecule has 27 heavy (non-hydrogen) atoms. The topological polar surface area (TPSA) is 58.4 Å². The molecule has 3 aromatic rings. The first kappa shape index (κ1) is 17.8. The summed E-state index contributed by atoms with van der Waals surface area (Å²) in [7, 11) is 3.54. The number of thioether (sulfide) groups is 1. The summed E-state index contributed by atoms with van der Waals surface area (Å²) < 4.78 is 31.8. The molecule has 0 bridgehead atoms. The highest BCUT2D eigenvalue weighted by Gasteiger charge is 2.18. The Morgan fingerprint density at radius 1 is 1.22 bits per heavy atom. The number of rotatable bonds is 5. The lowest BCUT2D eigenvalue weighted by Gasteiger charge is -2.20. The zero-order valence-corrected chi connectivity index (χ0v) is 15.8. The van der Waals surface area contributed by atoms with Crippen LogP contribution in [0, 0.1) is 5.82 Å². The van der Waals surface area contributed by atoms with Gasteiger partial charge in [0.15, 0.2) is 17.8 Å². The fourth-order valence-electron chi connectivity index (χ4n) is 2.94. The van der Waals surface area contributed by atoms with Crippen molar-refractivity contribution in [3.05, 3.63) is 53.3 Å². The number of hydrogen-bond acceptors (Lipinski definition) is 6. The van der Waals surface area contributed by atoms with Gasteiger partial charge >= 0.3 is 0 Å². The molecule has 0 amide bonds. The van der Waals surface area contributed by atoms with Crippen molar-refractivity contribution in [3.8, 4) is 22.9 Å². The van der Waals surface area contributed by atoms with Crippen molar-refractivity contribution >= 4 is 11.8 Å². The zero-order chi connectivity index (χ0) is 18.8. The summed E-state index contributed by atoms with van der Waals surface area (Å²) in [5.41, 5.74) is 2.46. The van der Waals surface area contributed by atoms with Crippen molar-refractivity contribution in [1.29, 1.82) is 0 Å². The molecule has 6 nitrogen and oxygen atoms in total. The van der Waals surface area contributed by atoms with Crippen LogP contribution in [0.1, 0.15) is 11.1 Å². The number of nitrogens with zero attached hydrogens (tertiary/aromatic N) is 3. The smallest absolute Gasteiger partial charge is 0.191 e. The van der Waals surface area contributed by atoms with E-state index in [1.54, 1.807) is 7.11 Å². The van der Waals surface area contributed by atoms with Crippen LogP contribution in [0.5, 0.6) is 11.5 Å². The molecule has 140 valence electrons. The van der Waals surface area contributed by atoms with E-state index in [4.69, 9.17) is 14.2 Å². The molecule has 2 heterocycles. The normalized spacial score (nSPS) is 13.1. The van der Waals surface area contributed by atoms with Crippen molar-refractivity contribution in [2.75, 3.05) is 13.9 Å². The van der Waals surface area contributed by atoms with Crippen LogP contribution in [0.4, 0.5) is 4.39 Å². The van der Waals surface area contributed by atoms with Crippen molar-refractivity contribution in [1.82, 2.24) is 14.8 Å². The molecule has 0 spiro atoms. The van der Waals surface area contributed by atoms with Gasteiger partial charge < -0.3 is 18.8 Å². The van der Waals surface area contributed by atoms with Gasteiger partial charge in [0, 0.05) is 29.5 Å². The third-order valence-corrected chi connectivity index (χ3v) is 5.36. The van der Waals surface area contributed by atoms with Crippen LogP contribution in [-0.4, -0.2) is 28.7 Å². The second kappa shape index (κ2) is 7.58. The second-order valence-electron chi connectivity index (χ2n) is 6.05. The van der Waals surface area contributed by atoms with Crippen LogP contribution in [0.25, 0.3) is 11.4 Å². The molecular weight excluding hydrogens is 369 g/mol. The first-order valence-electron chi connectivity index (χ1n) is 8.34. The lowest BCUT2D eigenvalue weighted by molar-refractivity contribution is -0.0171. The van der Waals surface area contributed by atoms with Crippen molar-refractivity contribution < 1.29 is 18.6 Å². The van der Waals surface area contributed by atoms with Gasteiger partial charge in [-0.25, -0.2) is 4.39 Å². The van der Waals surface area contributed by atoms with Gasteiger partial charge in [-0.1, -0.05) is 11.8 Å². The van der Waals surface area contributed by atoms with Crippen LogP contribution in [-0.2, 0) is 24.1 Å². The van der Waals surface area contributed by atoms with Crippen LogP contribution in [0.3, 0.4) is 0 Å². The summed E-state index contributed by atoms with van der Waals surface area (Å²) in [4.78, 5) is 0. The molecule has 0 atom stereocenters. The summed E-state index contributed by atoms with van der Waals surface area (Å²) in [5.74, 6) is 2.47. The van der Waals surface area contributed by atoms with Gasteiger partial charge in [-0.2, -0.15) is 0 Å². The standard InChI is InChI=1S/C19H18FN3O3S/c1-23-18(12-3-5-16(24-2)6-4-12)21-22-19(23)27-10-14-8-15(20)7-13-9-25-11-26-17(13)14/h3-8H,9-11H2,1-2H3. The molecule has 2 aromatic carbocycles. The highest BCUT2D eigenvalue weighted by molar-refractivity contribution is 7.98. The fraction of sp³-hybridized carbons (Fsp3) is 0.263. The highest BCUT2D eigenvalue weighted by Crippen LogP contribution is 2.34. The van der Waals surface area contributed by atoms with Crippen LogP contribution < -0.4 is 9.47 Å². The molecule has 0 saturated heterocycles. The second-order valence-corrected chi connectivity index (χ2v) is 6.99. The Morgan fingerprint density at radius 2 is 2.04 bits per heavy atom. The average molecular weight is 387 g/mol. The average Bonchev–Trinajstić information content (AvgIpc) is 3.06. The summed E-state index contributed by atoms with van der Waals surface area (Å²) in [5, 5.41) is 9.30. The number of benzene rings is 2. The van der Waals surface area contributed by atoms with E-state index in [-0.39, 0.29) is 12.6 Å². The quantitative estimate of drug-likeness (QED) is 0.621. The Hall–Kier alpha value is -2.58. The van der Waals surface area contributed by atoms with Gasteiger partial charge in [0.1, 0.15) is 17.3 Å². The third kappa shape index (κ3) is 3.63. The van der Waals surface area contributed by atoms with Crippen LogP contribution in [0.2, 0.25) is 0 Å². The Morgan fingerprint density at radius 3 is 2.81 bits per heavy atom. The van der Waals surface area contributed by atoms with Crippen molar-refractivity contribution in [3.63, 3.8) is 0 Å². The largest absolute Gasteiger partial charge is 0.497 e. The molecule has 1 aliphatic heterocycles. The predicted molar refractivity (Wildman–Crippen MR) is 99.2 cm³/mol.